The second-order valence-electron chi connectivity index (χ2n) is 5.66. The lowest BCUT2D eigenvalue weighted by atomic mass is 10.1. The SMILES string of the molecule is CC[S@](=O)CCC(=O)Nc1ccccc1OCCCc1ccccc1. The van der Waals surface area contributed by atoms with E-state index in [2.05, 4.69) is 17.4 Å². The molecule has 0 bridgehead atoms. The molecule has 0 fully saturated rings. The first-order chi connectivity index (χ1) is 12.2. The van der Waals surface area contributed by atoms with E-state index in [1.165, 1.54) is 5.56 Å². The van der Waals surface area contributed by atoms with Crippen molar-refractivity contribution in [2.75, 3.05) is 23.4 Å². The fraction of sp³-hybridized carbons (Fsp3) is 0.350. The number of rotatable bonds is 10. The van der Waals surface area contributed by atoms with Crippen molar-refractivity contribution in [3.05, 3.63) is 60.2 Å². The third-order valence-corrected chi connectivity index (χ3v) is 5.05. The molecule has 0 aliphatic rings. The van der Waals surface area contributed by atoms with Gasteiger partial charge in [0.2, 0.25) is 5.91 Å². The molecule has 1 N–H and O–H groups in total. The van der Waals surface area contributed by atoms with E-state index in [-0.39, 0.29) is 12.3 Å². The minimum atomic E-state index is -0.927. The monoisotopic (exact) mass is 359 g/mol. The number of aryl methyl sites for hydroxylation is 1. The zero-order valence-electron chi connectivity index (χ0n) is 14.6. The van der Waals surface area contributed by atoms with Crippen LogP contribution in [0, 0.1) is 0 Å². The Hall–Kier alpha value is -2.14. The summed E-state index contributed by atoms with van der Waals surface area (Å²) < 4.78 is 17.3. The fourth-order valence-corrected chi connectivity index (χ4v) is 3.06. The molecule has 0 saturated carbocycles. The van der Waals surface area contributed by atoms with Gasteiger partial charge in [0.05, 0.1) is 12.3 Å². The highest BCUT2D eigenvalue weighted by molar-refractivity contribution is 7.84. The number of hydrogen-bond donors (Lipinski definition) is 1. The predicted molar refractivity (Wildman–Crippen MR) is 103 cm³/mol. The van der Waals surface area contributed by atoms with E-state index in [9.17, 15) is 9.00 Å². The lowest BCUT2D eigenvalue weighted by Gasteiger charge is -2.12. The summed E-state index contributed by atoms with van der Waals surface area (Å²) in [5.74, 6) is 1.50. The largest absolute Gasteiger partial charge is 0.491 e. The van der Waals surface area contributed by atoms with Crippen LogP contribution in [0.2, 0.25) is 0 Å². The van der Waals surface area contributed by atoms with Crippen LogP contribution in [0.1, 0.15) is 25.3 Å². The first kappa shape index (κ1) is 19.2. The van der Waals surface area contributed by atoms with Crippen LogP contribution in [0.25, 0.3) is 0 Å². The summed E-state index contributed by atoms with van der Waals surface area (Å²) in [4.78, 5) is 12.0. The van der Waals surface area contributed by atoms with Crippen LogP contribution in [0.15, 0.2) is 54.6 Å². The number of hydrogen-bond acceptors (Lipinski definition) is 3. The molecule has 1 amide bonds. The molecule has 0 aliphatic carbocycles. The molecule has 2 rings (SSSR count). The first-order valence-corrected chi connectivity index (χ1v) is 10.1. The maximum Gasteiger partial charge on any atom is 0.225 e. The molecular weight excluding hydrogens is 334 g/mol. The highest BCUT2D eigenvalue weighted by atomic mass is 32.2. The highest BCUT2D eigenvalue weighted by Gasteiger charge is 2.09. The number of carbonyl (C=O) groups excluding carboxylic acids is 1. The van der Waals surface area contributed by atoms with E-state index in [1.807, 2.05) is 49.4 Å². The van der Waals surface area contributed by atoms with Gasteiger partial charge in [0.25, 0.3) is 0 Å². The molecule has 5 heteroatoms. The van der Waals surface area contributed by atoms with E-state index in [4.69, 9.17) is 4.74 Å². The Labute approximate surface area is 152 Å². The average Bonchev–Trinajstić information content (AvgIpc) is 2.65. The summed E-state index contributed by atoms with van der Waals surface area (Å²) in [6.07, 6.45) is 2.11. The molecule has 0 saturated heterocycles. The smallest absolute Gasteiger partial charge is 0.225 e. The van der Waals surface area contributed by atoms with Gasteiger partial charge in [0, 0.05) is 28.7 Å². The Bertz CT molecular complexity index is 688. The number of amides is 1. The predicted octanol–water partition coefficient (Wildman–Crippen LogP) is 3.80. The van der Waals surface area contributed by atoms with Gasteiger partial charge in [-0.1, -0.05) is 49.4 Å². The van der Waals surface area contributed by atoms with Gasteiger partial charge < -0.3 is 10.1 Å². The lowest BCUT2D eigenvalue weighted by molar-refractivity contribution is -0.115. The van der Waals surface area contributed by atoms with Crippen molar-refractivity contribution in [3.8, 4) is 5.75 Å². The van der Waals surface area contributed by atoms with Crippen LogP contribution >= 0.6 is 0 Å². The van der Waals surface area contributed by atoms with Crippen LogP contribution in [0.3, 0.4) is 0 Å². The normalized spacial score (nSPS) is 11.7. The minimum absolute atomic E-state index is 0.137. The summed E-state index contributed by atoms with van der Waals surface area (Å²) in [7, 11) is -0.927. The van der Waals surface area contributed by atoms with Gasteiger partial charge in [-0.05, 0) is 30.5 Å². The molecule has 0 spiro atoms. The quantitative estimate of drug-likeness (QED) is 0.657. The Morgan fingerprint density at radius 2 is 1.80 bits per heavy atom. The number of para-hydroxylation sites is 2. The van der Waals surface area contributed by atoms with Crippen LogP contribution in [-0.2, 0) is 22.0 Å². The van der Waals surface area contributed by atoms with Crippen molar-refractivity contribution in [1.82, 2.24) is 0 Å². The highest BCUT2D eigenvalue weighted by Crippen LogP contribution is 2.24. The Morgan fingerprint density at radius 3 is 2.56 bits per heavy atom. The van der Waals surface area contributed by atoms with Crippen molar-refractivity contribution in [2.24, 2.45) is 0 Å². The van der Waals surface area contributed by atoms with E-state index >= 15 is 0 Å². The standard InChI is InChI=1S/C20H25NO3S/c1-2-25(23)16-14-20(22)21-18-12-6-7-13-19(18)24-15-8-11-17-9-4-3-5-10-17/h3-7,9-10,12-13H,2,8,11,14-16H2,1H3,(H,21,22)/t25-/m0/s1. The maximum atomic E-state index is 12.0. The van der Waals surface area contributed by atoms with E-state index < -0.39 is 10.8 Å². The molecule has 0 aliphatic heterocycles. The zero-order chi connectivity index (χ0) is 17.9. The van der Waals surface area contributed by atoms with Gasteiger partial charge in [0.1, 0.15) is 5.75 Å². The van der Waals surface area contributed by atoms with Crippen LogP contribution in [-0.4, -0.2) is 28.2 Å². The Kier molecular flexibility index (Phi) is 8.19. The number of ether oxygens (including phenoxy) is 1. The van der Waals surface area contributed by atoms with E-state index in [0.29, 0.717) is 29.5 Å². The van der Waals surface area contributed by atoms with Gasteiger partial charge in [-0.25, -0.2) is 0 Å². The number of carbonyl (C=O) groups is 1. The zero-order valence-corrected chi connectivity index (χ0v) is 15.4. The van der Waals surface area contributed by atoms with Crippen molar-refractivity contribution >= 4 is 22.4 Å². The van der Waals surface area contributed by atoms with E-state index in [0.717, 1.165) is 12.8 Å². The number of anilines is 1. The van der Waals surface area contributed by atoms with Gasteiger partial charge >= 0.3 is 0 Å². The van der Waals surface area contributed by atoms with Crippen molar-refractivity contribution in [3.63, 3.8) is 0 Å². The van der Waals surface area contributed by atoms with Gasteiger partial charge in [-0.2, -0.15) is 0 Å². The van der Waals surface area contributed by atoms with Crippen LogP contribution in [0.5, 0.6) is 5.75 Å². The maximum absolute atomic E-state index is 12.0. The molecule has 0 unspecified atom stereocenters. The van der Waals surface area contributed by atoms with Crippen LogP contribution in [0.4, 0.5) is 5.69 Å². The van der Waals surface area contributed by atoms with Gasteiger partial charge in [0.15, 0.2) is 0 Å². The molecule has 134 valence electrons. The molecule has 25 heavy (non-hydrogen) atoms. The first-order valence-electron chi connectivity index (χ1n) is 8.59. The third kappa shape index (κ3) is 7.10. The van der Waals surface area contributed by atoms with Crippen molar-refractivity contribution in [2.45, 2.75) is 26.2 Å². The second kappa shape index (κ2) is 10.7. The minimum Gasteiger partial charge on any atom is -0.491 e. The molecule has 1 atom stereocenters. The lowest BCUT2D eigenvalue weighted by Crippen LogP contribution is -2.16. The topological polar surface area (TPSA) is 55.4 Å². The number of nitrogens with one attached hydrogen (secondary N) is 1. The molecule has 0 heterocycles. The van der Waals surface area contributed by atoms with Crippen molar-refractivity contribution < 1.29 is 13.7 Å². The summed E-state index contributed by atoms with van der Waals surface area (Å²) >= 11 is 0. The summed E-state index contributed by atoms with van der Waals surface area (Å²) in [6.45, 7) is 2.44. The van der Waals surface area contributed by atoms with E-state index in [1.54, 1.807) is 0 Å². The summed E-state index contributed by atoms with van der Waals surface area (Å²) in [5.41, 5.74) is 1.95. The molecule has 4 nitrogen and oxygen atoms in total. The average molecular weight is 359 g/mol. The fourth-order valence-electron chi connectivity index (χ4n) is 2.36. The number of benzene rings is 2. The van der Waals surface area contributed by atoms with Gasteiger partial charge in [-0.3, -0.25) is 9.00 Å². The van der Waals surface area contributed by atoms with Crippen LogP contribution < -0.4 is 10.1 Å². The third-order valence-electron chi connectivity index (χ3n) is 3.75. The Morgan fingerprint density at radius 1 is 1.08 bits per heavy atom. The molecule has 0 aromatic heterocycles. The molecule has 2 aromatic carbocycles. The molecule has 2 aromatic rings. The summed E-state index contributed by atoms with van der Waals surface area (Å²) in [6, 6.07) is 17.7. The summed E-state index contributed by atoms with van der Waals surface area (Å²) in [5, 5.41) is 2.85. The second-order valence-corrected chi connectivity index (χ2v) is 7.53. The van der Waals surface area contributed by atoms with Gasteiger partial charge in [-0.15, -0.1) is 0 Å². The Balaban J connectivity index is 1.81. The van der Waals surface area contributed by atoms with Crippen molar-refractivity contribution in [1.29, 1.82) is 0 Å². The molecular formula is C20H25NO3S. The molecule has 0 radical (unpaired) electrons.